The number of H-pyrrole nitrogens is 1. The lowest BCUT2D eigenvalue weighted by atomic mass is 10.1. The van der Waals surface area contributed by atoms with E-state index in [9.17, 15) is 4.79 Å². The Kier molecular flexibility index (Phi) is 4.01. The maximum absolute atomic E-state index is 12.4. The summed E-state index contributed by atoms with van der Waals surface area (Å²) in [7, 11) is 1.63. The first-order chi connectivity index (χ1) is 12.6. The number of hydrogen-bond donors (Lipinski definition) is 1. The molecule has 0 aliphatic carbocycles. The van der Waals surface area contributed by atoms with Gasteiger partial charge in [-0.1, -0.05) is 18.2 Å². The van der Waals surface area contributed by atoms with E-state index in [1.807, 2.05) is 49.4 Å². The predicted molar refractivity (Wildman–Crippen MR) is 100 cm³/mol. The zero-order chi connectivity index (χ0) is 18.1. The van der Waals surface area contributed by atoms with Gasteiger partial charge in [0.1, 0.15) is 11.6 Å². The zero-order valence-electron chi connectivity index (χ0n) is 14.6. The molecule has 0 saturated heterocycles. The first kappa shape index (κ1) is 16.1. The largest absolute Gasteiger partial charge is 0.497 e. The number of fused-ring (bicyclic) bond motifs is 1. The predicted octanol–water partition coefficient (Wildman–Crippen LogP) is 3.15. The molecule has 130 valence electrons. The molecule has 0 bridgehead atoms. The maximum Gasteiger partial charge on any atom is 0.326 e. The van der Waals surface area contributed by atoms with Crippen molar-refractivity contribution in [3.05, 3.63) is 76.7 Å². The topological polar surface area (TPSA) is 72.8 Å². The summed E-state index contributed by atoms with van der Waals surface area (Å²) in [5, 5.41) is 0. The van der Waals surface area contributed by atoms with Crippen molar-refractivity contribution in [2.24, 2.45) is 0 Å². The quantitative estimate of drug-likeness (QED) is 0.616. The van der Waals surface area contributed by atoms with Crippen molar-refractivity contribution >= 4 is 11.0 Å². The van der Waals surface area contributed by atoms with Crippen molar-refractivity contribution in [1.29, 1.82) is 0 Å². The van der Waals surface area contributed by atoms with Crippen molar-refractivity contribution in [1.82, 2.24) is 19.5 Å². The molecule has 0 unspecified atom stereocenters. The van der Waals surface area contributed by atoms with E-state index in [0.717, 1.165) is 39.3 Å². The Morgan fingerprint density at radius 2 is 1.77 bits per heavy atom. The fourth-order valence-electron chi connectivity index (χ4n) is 2.94. The summed E-state index contributed by atoms with van der Waals surface area (Å²) in [5.74, 6) is 1.52. The minimum absolute atomic E-state index is 0.131. The van der Waals surface area contributed by atoms with Crippen LogP contribution in [0.4, 0.5) is 0 Å². The van der Waals surface area contributed by atoms with Gasteiger partial charge in [-0.3, -0.25) is 4.57 Å². The smallest absolute Gasteiger partial charge is 0.326 e. The third-order valence-electron chi connectivity index (χ3n) is 4.39. The highest BCUT2D eigenvalue weighted by atomic mass is 16.5. The van der Waals surface area contributed by atoms with Gasteiger partial charge < -0.3 is 9.72 Å². The molecule has 2 heterocycles. The van der Waals surface area contributed by atoms with Gasteiger partial charge in [-0.05, 0) is 42.3 Å². The Morgan fingerprint density at radius 1 is 1.04 bits per heavy atom. The highest BCUT2D eigenvalue weighted by molar-refractivity contribution is 5.81. The molecule has 0 aliphatic heterocycles. The van der Waals surface area contributed by atoms with E-state index in [4.69, 9.17) is 4.74 Å². The lowest BCUT2D eigenvalue weighted by Crippen LogP contribution is -2.17. The van der Waals surface area contributed by atoms with Crippen molar-refractivity contribution < 1.29 is 4.74 Å². The molecular formula is C20H18N4O2. The number of methoxy groups -OCH3 is 1. The Bertz CT molecular complexity index is 1110. The van der Waals surface area contributed by atoms with E-state index in [-0.39, 0.29) is 5.69 Å². The number of aryl methyl sites for hydroxylation is 1. The van der Waals surface area contributed by atoms with Crippen molar-refractivity contribution in [2.45, 2.75) is 13.5 Å². The van der Waals surface area contributed by atoms with Crippen LogP contribution in [-0.2, 0) is 6.54 Å². The first-order valence-corrected chi connectivity index (χ1v) is 8.28. The fourth-order valence-corrected chi connectivity index (χ4v) is 2.94. The lowest BCUT2D eigenvalue weighted by Gasteiger charge is -2.07. The molecule has 0 atom stereocenters. The number of benzene rings is 2. The van der Waals surface area contributed by atoms with Gasteiger partial charge in [0.25, 0.3) is 0 Å². The summed E-state index contributed by atoms with van der Waals surface area (Å²) in [4.78, 5) is 23.8. The lowest BCUT2D eigenvalue weighted by molar-refractivity contribution is 0.414. The summed E-state index contributed by atoms with van der Waals surface area (Å²) >= 11 is 0. The molecular weight excluding hydrogens is 328 g/mol. The molecule has 2 aromatic carbocycles. The highest BCUT2D eigenvalue weighted by Crippen LogP contribution is 2.23. The Balaban J connectivity index is 1.76. The molecule has 0 radical (unpaired) electrons. The first-order valence-electron chi connectivity index (χ1n) is 8.28. The van der Waals surface area contributed by atoms with Crippen LogP contribution in [0, 0.1) is 6.92 Å². The molecule has 6 nitrogen and oxygen atoms in total. The average molecular weight is 346 g/mol. The number of aromatic amines is 1. The van der Waals surface area contributed by atoms with Gasteiger partial charge in [0, 0.05) is 18.0 Å². The molecule has 0 spiro atoms. The number of hydrogen-bond acceptors (Lipinski definition) is 4. The number of imidazole rings is 1. The van der Waals surface area contributed by atoms with Crippen LogP contribution in [0.5, 0.6) is 5.75 Å². The van der Waals surface area contributed by atoms with Crippen molar-refractivity contribution in [3.63, 3.8) is 0 Å². The summed E-state index contributed by atoms with van der Waals surface area (Å²) in [5.41, 5.74) is 4.44. The molecule has 6 heteroatoms. The number of rotatable bonds is 4. The van der Waals surface area contributed by atoms with E-state index < -0.39 is 0 Å². The summed E-state index contributed by atoms with van der Waals surface area (Å²) < 4.78 is 6.92. The van der Waals surface area contributed by atoms with Crippen LogP contribution in [-0.4, -0.2) is 26.6 Å². The van der Waals surface area contributed by atoms with Gasteiger partial charge in [-0.15, -0.1) is 0 Å². The summed E-state index contributed by atoms with van der Waals surface area (Å²) in [6.07, 6.45) is 3.59. The minimum Gasteiger partial charge on any atom is -0.497 e. The van der Waals surface area contributed by atoms with E-state index in [2.05, 4.69) is 15.0 Å². The second-order valence-corrected chi connectivity index (χ2v) is 6.12. The second kappa shape index (κ2) is 6.48. The second-order valence-electron chi connectivity index (χ2n) is 6.12. The SMILES string of the molecule is COc1ccc(Cn2c(=O)[nH]c3ccc(-c4cnc(C)nc4)cc32)cc1. The molecule has 4 aromatic rings. The number of aromatic nitrogens is 4. The van der Waals surface area contributed by atoms with Gasteiger partial charge in [-0.25, -0.2) is 14.8 Å². The average Bonchev–Trinajstić information content (AvgIpc) is 2.98. The van der Waals surface area contributed by atoms with Gasteiger partial charge >= 0.3 is 5.69 Å². The van der Waals surface area contributed by atoms with Gasteiger partial charge in [0.05, 0.1) is 24.7 Å². The van der Waals surface area contributed by atoms with Crippen LogP contribution in [0.3, 0.4) is 0 Å². The monoisotopic (exact) mass is 346 g/mol. The minimum atomic E-state index is -0.131. The Morgan fingerprint density at radius 3 is 2.46 bits per heavy atom. The van der Waals surface area contributed by atoms with E-state index >= 15 is 0 Å². The molecule has 0 fully saturated rings. The molecule has 26 heavy (non-hydrogen) atoms. The number of nitrogens with zero attached hydrogens (tertiary/aromatic N) is 3. The van der Waals surface area contributed by atoms with Crippen molar-refractivity contribution in [3.8, 4) is 16.9 Å². The molecule has 0 amide bonds. The molecule has 1 N–H and O–H groups in total. The zero-order valence-corrected chi connectivity index (χ0v) is 14.6. The fraction of sp³-hybridized carbons (Fsp3) is 0.150. The third-order valence-corrected chi connectivity index (χ3v) is 4.39. The summed E-state index contributed by atoms with van der Waals surface area (Å²) in [6, 6.07) is 13.6. The van der Waals surface area contributed by atoms with Crippen LogP contribution < -0.4 is 10.4 Å². The van der Waals surface area contributed by atoms with E-state index in [0.29, 0.717) is 6.54 Å². The third kappa shape index (κ3) is 2.97. The van der Waals surface area contributed by atoms with Gasteiger partial charge in [-0.2, -0.15) is 0 Å². The summed E-state index contributed by atoms with van der Waals surface area (Å²) in [6.45, 7) is 2.34. The van der Waals surface area contributed by atoms with Crippen LogP contribution in [0.1, 0.15) is 11.4 Å². The van der Waals surface area contributed by atoms with Gasteiger partial charge in [0.2, 0.25) is 0 Å². The normalized spacial score (nSPS) is 11.0. The Hall–Kier alpha value is -3.41. The highest BCUT2D eigenvalue weighted by Gasteiger charge is 2.09. The molecule has 0 aliphatic rings. The molecule has 4 rings (SSSR count). The van der Waals surface area contributed by atoms with E-state index in [1.54, 1.807) is 24.1 Å². The number of nitrogens with one attached hydrogen (secondary N) is 1. The van der Waals surface area contributed by atoms with Gasteiger partial charge in [0.15, 0.2) is 0 Å². The Labute approximate surface area is 150 Å². The van der Waals surface area contributed by atoms with Crippen LogP contribution in [0.25, 0.3) is 22.2 Å². The van der Waals surface area contributed by atoms with Crippen LogP contribution in [0.2, 0.25) is 0 Å². The van der Waals surface area contributed by atoms with Crippen molar-refractivity contribution in [2.75, 3.05) is 7.11 Å². The van der Waals surface area contributed by atoms with Crippen LogP contribution in [0.15, 0.2) is 59.7 Å². The maximum atomic E-state index is 12.4. The number of ether oxygens (including phenoxy) is 1. The standard InChI is InChI=1S/C20H18N4O2/c1-13-21-10-16(11-22-13)15-5-8-18-19(9-15)24(20(25)23-18)12-14-3-6-17(26-2)7-4-14/h3-11H,12H2,1-2H3,(H,23,25). The van der Waals surface area contributed by atoms with Crippen LogP contribution >= 0.6 is 0 Å². The molecule has 2 aromatic heterocycles. The van der Waals surface area contributed by atoms with E-state index in [1.165, 1.54) is 0 Å². The molecule has 0 saturated carbocycles.